The van der Waals surface area contributed by atoms with Crippen LogP contribution < -0.4 is 0 Å². The summed E-state index contributed by atoms with van der Waals surface area (Å²) in [7, 11) is -1.26. The molecule has 0 aromatic rings. The molecule has 0 spiro atoms. The Morgan fingerprint density at radius 1 is 1.21 bits per heavy atom. The fraction of sp³-hybridized carbons (Fsp3) is 0.833. The molecule has 0 bridgehead atoms. The zero-order valence-corrected chi connectivity index (χ0v) is 12.6. The molecule has 19 heavy (non-hydrogen) atoms. The van der Waals surface area contributed by atoms with E-state index in [4.69, 9.17) is 4.74 Å². The number of esters is 1. The Kier molecular flexibility index (Phi) is 4.95. The minimum atomic E-state index is -2.59. The molecule has 0 aliphatic carbocycles. The zero-order valence-electron chi connectivity index (χ0n) is 11.8. The number of amides is 1. The predicted octanol–water partition coefficient (Wildman–Crippen LogP) is 1.97. The van der Waals surface area contributed by atoms with E-state index >= 15 is 0 Å². The first-order valence-electron chi connectivity index (χ1n) is 6.18. The van der Waals surface area contributed by atoms with Crippen LogP contribution in [0.1, 0.15) is 33.6 Å². The third-order valence-electron chi connectivity index (χ3n) is 2.74. The van der Waals surface area contributed by atoms with Gasteiger partial charge in [0, 0.05) is 11.5 Å². The summed E-state index contributed by atoms with van der Waals surface area (Å²) in [6, 6.07) is 0. The first-order chi connectivity index (χ1) is 8.65. The number of methoxy groups -OCH3 is 1. The van der Waals surface area contributed by atoms with E-state index in [0.29, 0.717) is 12.8 Å². The lowest BCUT2D eigenvalue weighted by Crippen LogP contribution is -2.30. The molecule has 0 aromatic carbocycles. The van der Waals surface area contributed by atoms with Crippen LogP contribution in [0.5, 0.6) is 0 Å². The highest BCUT2D eigenvalue weighted by Gasteiger charge is 2.29. The molecule has 1 amide bonds. The maximum atomic E-state index is 12.3. The Bertz CT molecular complexity index is 457. The Morgan fingerprint density at radius 3 is 2.16 bits per heavy atom. The fourth-order valence-electron chi connectivity index (χ4n) is 1.81. The Balaban J connectivity index is 2.68. The van der Waals surface area contributed by atoms with Gasteiger partial charge in [-0.15, -0.1) is 4.36 Å². The van der Waals surface area contributed by atoms with E-state index in [9.17, 15) is 13.8 Å². The molecule has 0 aromatic heterocycles. The molecule has 7 heteroatoms. The van der Waals surface area contributed by atoms with Gasteiger partial charge in [-0.3, -0.25) is 4.79 Å². The molecule has 1 heterocycles. The first kappa shape index (κ1) is 15.9. The SMILES string of the molecule is COC(=O)C1CCS(=O)(=NC(=O)OC(C)(C)C)CC1. The standard InChI is InChI=1S/C12H21NO5S/c1-12(2,3)18-11(15)13-19(16)7-5-9(6-8-19)10(14)17-4/h9H,5-8H2,1-4H3. The highest BCUT2D eigenvalue weighted by molar-refractivity contribution is 7.93. The summed E-state index contributed by atoms with van der Waals surface area (Å²) >= 11 is 0. The highest BCUT2D eigenvalue weighted by Crippen LogP contribution is 2.22. The maximum absolute atomic E-state index is 12.3. The number of hydrogen-bond donors (Lipinski definition) is 0. The molecule has 110 valence electrons. The van der Waals surface area contributed by atoms with Crippen molar-refractivity contribution in [2.45, 2.75) is 39.2 Å². The number of carbonyl (C=O) groups excluding carboxylic acids is 2. The van der Waals surface area contributed by atoms with Crippen LogP contribution in [0.15, 0.2) is 4.36 Å². The largest absolute Gasteiger partial charge is 0.469 e. The van der Waals surface area contributed by atoms with Crippen molar-refractivity contribution in [1.82, 2.24) is 0 Å². The summed E-state index contributed by atoms with van der Waals surface area (Å²) in [5, 5.41) is 0. The average molecular weight is 291 g/mol. The lowest BCUT2D eigenvalue weighted by Gasteiger charge is -2.23. The molecule has 6 nitrogen and oxygen atoms in total. The third-order valence-corrected chi connectivity index (χ3v) is 4.97. The van der Waals surface area contributed by atoms with Gasteiger partial charge in [-0.05, 0) is 33.6 Å². The monoisotopic (exact) mass is 291 g/mol. The third kappa shape index (κ3) is 5.18. The molecule has 1 rings (SSSR count). The number of nitrogens with zero attached hydrogens (tertiary/aromatic N) is 1. The van der Waals surface area contributed by atoms with E-state index in [2.05, 4.69) is 9.10 Å². The summed E-state index contributed by atoms with van der Waals surface area (Å²) in [4.78, 5) is 22.9. The van der Waals surface area contributed by atoms with Gasteiger partial charge in [0.25, 0.3) is 0 Å². The molecule has 1 aliphatic rings. The molecule has 0 atom stereocenters. The van der Waals surface area contributed by atoms with E-state index in [1.807, 2.05) is 0 Å². The molecular weight excluding hydrogens is 270 g/mol. The first-order valence-corrected chi connectivity index (χ1v) is 8.04. The molecule has 1 fully saturated rings. The van der Waals surface area contributed by atoms with E-state index in [-0.39, 0.29) is 23.4 Å². The van der Waals surface area contributed by atoms with E-state index < -0.39 is 21.4 Å². The lowest BCUT2D eigenvalue weighted by molar-refractivity contribution is -0.145. The second kappa shape index (κ2) is 5.90. The summed E-state index contributed by atoms with van der Waals surface area (Å²) in [5.74, 6) is -0.0787. The normalized spacial score (nSPS) is 27.5. The molecule has 0 N–H and O–H groups in total. The molecule has 1 aliphatic heterocycles. The highest BCUT2D eigenvalue weighted by atomic mass is 32.2. The van der Waals surface area contributed by atoms with Crippen molar-refractivity contribution in [2.75, 3.05) is 18.6 Å². The van der Waals surface area contributed by atoms with Gasteiger partial charge in [0.1, 0.15) is 5.60 Å². The van der Waals surface area contributed by atoms with Crippen molar-refractivity contribution in [3.8, 4) is 0 Å². The Labute approximate surface area is 114 Å². The van der Waals surface area contributed by atoms with Crippen molar-refractivity contribution < 1.29 is 23.3 Å². The molecule has 0 radical (unpaired) electrons. The predicted molar refractivity (Wildman–Crippen MR) is 71.3 cm³/mol. The van der Waals surface area contributed by atoms with Crippen LogP contribution in [-0.4, -0.2) is 40.5 Å². The molecule has 0 unspecified atom stereocenters. The minimum absolute atomic E-state index is 0.228. The van der Waals surface area contributed by atoms with E-state index in [1.165, 1.54) is 7.11 Å². The molecule has 0 saturated carbocycles. The summed E-state index contributed by atoms with van der Waals surface area (Å²) in [6.07, 6.45) is 0.0595. The van der Waals surface area contributed by atoms with E-state index in [0.717, 1.165) is 0 Å². The van der Waals surface area contributed by atoms with Gasteiger partial charge < -0.3 is 9.47 Å². The second-order valence-electron chi connectivity index (χ2n) is 5.55. The maximum Gasteiger partial charge on any atom is 0.442 e. The van der Waals surface area contributed by atoms with Crippen molar-refractivity contribution >= 4 is 21.8 Å². The second-order valence-corrected chi connectivity index (χ2v) is 8.09. The van der Waals surface area contributed by atoms with Gasteiger partial charge >= 0.3 is 12.1 Å². The molecule has 1 saturated heterocycles. The van der Waals surface area contributed by atoms with Crippen molar-refractivity contribution in [3.05, 3.63) is 0 Å². The van der Waals surface area contributed by atoms with Crippen LogP contribution in [-0.2, 0) is 24.0 Å². The summed E-state index contributed by atoms with van der Waals surface area (Å²) < 4.78 is 25.7. The van der Waals surface area contributed by atoms with Crippen molar-refractivity contribution in [1.29, 1.82) is 0 Å². The van der Waals surface area contributed by atoms with Crippen LogP contribution >= 0.6 is 0 Å². The quantitative estimate of drug-likeness (QED) is 0.690. The smallest absolute Gasteiger partial charge is 0.442 e. The topological polar surface area (TPSA) is 82.0 Å². The van der Waals surface area contributed by atoms with Crippen molar-refractivity contribution in [3.63, 3.8) is 0 Å². The van der Waals surface area contributed by atoms with Crippen LogP contribution in [0.3, 0.4) is 0 Å². The van der Waals surface area contributed by atoms with Crippen LogP contribution in [0, 0.1) is 5.92 Å². The Morgan fingerprint density at radius 2 is 1.74 bits per heavy atom. The van der Waals surface area contributed by atoms with Gasteiger partial charge in [0.05, 0.1) is 22.8 Å². The number of ether oxygens (including phenoxy) is 2. The summed E-state index contributed by atoms with van der Waals surface area (Å²) in [6.45, 7) is 5.17. The Hall–Kier alpha value is -1.11. The number of rotatable bonds is 1. The fourth-order valence-corrected chi connectivity index (χ4v) is 3.81. The van der Waals surface area contributed by atoms with Crippen LogP contribution in [0.4, 0.5) is 4.79 Å². The number of hydrogen-bond acceptors (Lipinski definition) is 5. The number of carbonyl (C=O) groups is 2. The van der Waals surface area contributed by atoms with Crippen LogP contribution in [0.2, 0.25) is 0 Å². The zero-order chi connectivity index (χ0) is 14.7. The lowest BCUT2D eigenvalue weighted by atomic mass is 10.0. The van der Waals surface area contributed by atoms with Gasteiger partial charge in [0.2, 0.25) is 0 Å². The van der Waals surface area contributed by atoms with Gasteiger partial charge in [-0.1, -0.05) is 0 Å². The summed E-state index contributed by atoms with van der Waals surface area (Å²) in [5.41, 5.74) is -0.653. The minimum Gasteiger partial charge on any atom is -0.469 e. The van der Waals surface area contributed by atoms with E-state index in [1.54, 1.807) is 20.8 Å². The molecular formula is C12H21NO5S. The van der Waals surface area contributed by atoms with Crippen LogP contribution in [0.25, 0.3) is 0 Å². The van der Waals surface area contributed by atoms with Gasteiger partial charge in [-0.25, -0.2) is 9.00 Å². The average Bonchev–Trinajstić information content (AvgIpc) is 2.25. The van der Waals surface area contributed by atoms with Gasteiger partial charge in [0.15, 0.2) is 0 Å². The van der Waals surface area contributed by atoms with Gasteiger partial charge in [-0.2, -0.15) is 0 Å². The van der Waals surface area contributed by atoms with Crippen molar-refractivity contribution in [2.24, 2.45) is 10.3 Å².